The van der Waals surface area contributed by atoms with Crippen molar-refractivity contribution in [1.29, 1.82) is 0 Å². The fraction of sp³-hybridized carbons (Fsp3) is 0.879. The first-order valence-corrected chi connectivity index (χ1v) is 18.6. The van der Waals surface area contributed by atoms with Crippen LogP contribution in [0.3, 0.4) is 0 Å². The van der Waals surface area contributed by atoms with Crippen molar-refractivity contribution in [1.82, 2.24) is 0 Å². The SMILES string of the molecule is CCCC/C=C\CCCCCCCC(=O)OC(COC(=O)CCCCCCCCCCCC)COP(=O)(O)OCC(O)CO. The lowest BCUT2D eigenvalue weighted by Gasteiger charge is -2.20. The summed E-state index contributed by atoms with van der Waals surface area (Å²) in [5.41, 5.74) is 0. The van der Waals surface area contributed by atoms with Crippen LogP contribution in [-0.4, -0.2) is 65.7 Å². The van der Waals surface area contributed by atoms with Gasteiger partial charge in [0, 0.05) is 12.8 Å². The zero-order chi connectivity index (χ0) is 32.7. The number of carbonyl (C=O) groups is 2. The maximum atomic E-state index is 12.5. The molecule has 3 unspecified atom stereocenters. The van der Waals surface area contributed by atoms with Crippen molar-refractivity contribution in [2.45, 2.75) is 161 Å². The molecule has 10 nitrogen and oxygen atoms in total. The normalized spacial score (nSPS) is 14.4. The van der Waals surface area contributed by atoms with Crippen molar-refractivity contribution in [3.8, 4) is 0 Å². The Bertz CT molecular complexity index is 761. The number of phosphoric acid groups is 1. The van der Waals surface area contributed by atoms with Crippen LogP contribution in [0.25, 0.3) is 0 Å². The Morgan fingerprint density at radius 2 is 1.14 bits per heavy atom. The standard InChI is InChI=1S/C33H63O10P/c1-3-5-7-9-11-13-15-17-19-21-23-25-33(37)43-31(29-42-44(38,39)41-27-30(35)26-34)28-40-32(36)24-22-20-18-16-14-12-10-8-6-4-2/h9,11,30-31,34-35H,3-8,10,12-29H2,1-2H3,(H,38,39)/b11-9-. The van der Waals surface area contributed by atoms with E-state index in [0.717, 1.165) is 57.8 Å². The van der Waals surface area contributed by atoms with Crippen LogP contribution in [0.1, 0.15) is 149 Å². The highest BCUT2D eigenvalue weighted by molar-refractivity contribution is 7.47. The van der Waals surface area contributed by atoms with E-state index < -0.39 is 51.8 Å². The summed E-state index contributed by atoms with van der Waals surface area (Å²) < 4.78 is 32.4. The average Bonchev–Trinajstić information content (AvgIpc) is 3.00. The summed E-state index contributed by atoms with van der Waals surface area (Å²) in [4.78, 5) is 34.6. The van der Waals surface area contributed by atoms with Crippen molar-refractivity contribution >= 4 is 19.8 Å². The minimum absolute atomic E-state index is 0.177. The third kappa shape index (κ3) is 29.4. The number of phosphoric ester groups is 1. The van der Waals surface area contributed by atoms with Crippen molar-refractivity contribution in [3.63, 3.8) is 0 Å². The fourth-order valence-electron chi connectivity index (χ4n) is 4.44. The molecule has 0 saturated carbocycles. The first-order chi connectivity index (χ1) is 21.2. The predicted molar refractivity (Wildman–Crippen MR) is 173 cm³/mol. The van der Waals surface area contributed by atoms with E-state index in [1.807, 2.05) is 0 Å². The fourth-order valence-corrected chi connectivity index (χ4v) is 5.23. The number of unbranched alkanes of at least 4 members (excludes halogenated alkanes) is 16. The molecule has 0 fully saturated rings. The average molecular weight is 651 g/mol. The molecule has 3 N–H and O–H groups in total. The smallest absolute Gasteiger partial charge is 0.462 e. The van der Waals surface area contributed by atoms with Crippen LogP contribution in [0, 0.1) is 0 Å². The van der Waals surface area contributed by atoms with Gasteiger partial charge in [0.25, 0.3) is 0 Å². The highest BCUT2D eigenvalue weighted by atomic mass is 31.2. The summed E-state index contributed by atoms with van der Waals surface area (Å²) in [5.74, 6) is -0.937. The second-order valence-electron chi connectivity index (χ2n) is 11.5. The number of allylic oxidation sites excluding steroid dienone is 2. The Kier molecular flexibility index (Phi) is 29.5. The van der Waals surface area contributed by atoms with E-state index in [0.29, 0.717) is 12.8 Å². The van der Waals surface area contributed by atoms with Gasteiger partial charge in [-0.05, 0) is 32.1 Å². The van der Waals surface area contributed by atoms with E-state index in [9.17, 15) is 24.2 Å². The quantitative estimate of drug-likeness (QED) is 0.0286. The molecule has 0 saturated heterocycles. The van der Waals surface area contributed by atoms with Crippen LogP contribution in [0.2, 0.25) is 0 Å². The highest BCUT2D eigenvalue weighted by Crippen LogP contribution is 2.43. The molecule has 0 aromatic heterocycles. The van der Waals surface area contributed by atoms with Gasteiger partial charge >= 0.3 is 19.8 Å². The Labute approximate surface area is 266 Å². The molecule has 0 aliphatic heterocycles. The maximum Gasteiger partial charge on any atom is 0.472 e. The van der Waals surface area contributed by atoms with Crippen molar-refractivity contribution < 1.29 is 47.8 Å². The van der Waals surface area contributed by atoms with Gasteiger partial charge in [0.1, 0.15) is 12.7 Å². The Morgan fingerprint density at radius 3 is 1.70 bits per heavy atom. The molecule has 44 heavy (non-hydrogen) atoms. The summed E-state index contributed by atoms with van der Waals surface area (Å²) in [6.45, 7) is 2.29. The monoisotopic (exact) mass is 650 g/mol. The third-order valence-corrected chi connectivity index (χ3v) is 8.12. The Morgan fingerprint density at radius 1 is 0.659 bits per heavy atom. The predicted octanol–water partition coefficient (Wildman–Crippen LogP) is 7.72. The van der Waals surface area contributed by atoms with Gasteiger partial charge in [0.15, 0.2) is 6.10 Å². The zero-order valence-corrected chi connectivity index (χ0v) is 28.5. The lowest BCUT2D eigenvalue weighted by molar-refractivity contribution is -0.161. The summed E-state index contributed by atoms with van der Waals surface area (Å²) in [5, 5.41) is 18.2. The molecule has 0 aromatic carbocycles. The van der Waals surface area contributed by atoms with E-state index in [2.05, 4.69) is 30.5 Å². The highest BCUT2D eigenvalue weighted by Gasteiger charge is 2.27. The van der Waals surface area contributed by atoms with Gasteiger partial charge in [-0.25, -0.2) is 4.57 Å². The van der Waals surface area contributed by atoms with E-state index in [1.54, 1.807) is 0 Å². The van der Waals surface area contributed by atoms with Crippen LogP contribution >= 0.6 is 7.82 Å². The van der Waals surface area contributed by atoms with Gasteiger partial charge in [-0.3, -0.25) is 18.6 Å². The summed E-state index contributed by atoms with van der Waals surface area (Å²) in [7, 11) is -4.60. The zero-order valence-electron chi connectivity index (χ0n) is 27.6. The second-order valence-corrected chi connectivity index (χ2v) is 13.0. The number of aliphatic hydroxyl groups excluding tert-OH is 2. The molecule has 0 rings (SSSR count). The molecule has 0 aromatic rings. The largest absolute Gasteiger partial charge is 0.472 e. The van der Waals surface area contributed by atoms with Gasteiger partial charge in [0.05, 0.1) is 19.8 Å². The molecule has 11 heteroatoms. The van der Waals surface area contributed by atoms with E-state index in [4.69, 9.17) is 19.1 Å². The van der Waals surface area contributed by atoms with E-state index in [-0.39, 0.29) is 19.4 Å². The van der Waals surface area contributed by atoms with Crippen LogP contribution in [0.5, 0.6) is 0 Å². The third-order valence-electron chi connectivity index (χ3n) is 7.17. The Hall–Kier alpha value is -1.29. The molecule has 0 spiro atoms. The molecule has 0 aliphatic rings. The molecular formula is C33H63O10P. The Balaban J connectivity index is 4.44. The molecule has 0 amide bonds. The van der Waals surface area contributed by atoms with Gasteiger partial charge in [-0.1, -0.05) is 116 Å². The molecule has 3 atom stereocenters. The van der Waals surface area contributed by atoms with Crippen LogP contribution in [0.4, 0.5) is 0 Å². The molecule has 0 radical (unpaired) electrons. The van der Waals surface area contributed by atoms with Crippen LogP contribution in [-0.2, 0) is 32.7 Å². The van der Waals surface area contributed by atoms with E-state index >= 15 is 0 Å². The number of hydrogen-bond donors (Lipinski definition) is 3. The molecular weight excluding hydrogens is 587 g/mol. The molecule has 0 aliphatic carbocycles. The van der Waals surface area contributed by atoms with Crippen molar-refractivity contribution in [3.05, 3.63) is 12.2 Å². The van der Waals surface area contributed by atoms with Crippen molar-refractivity contribution in [2.24, 2.45) is 0 Å². The molecule has 0 bridgehead atoms. The number of carbonyl (C=O) groups excluding carboxylic acids is 2. The number of rotatable bonds is 32. The number of esters is 2. The minimum atomic E-state index is -4.60. The number of aliphatic hydroxyl groups is 2. The van der Waals surface area contributed by atoms with Gasteiger partial charge < -0.3 is 24.6 Å². The van der Waals surface area contributed by atoms with Gasteiger partial charge in [-0.15, -0.1) is 0 Å². The second kappa shape index (κ2) is 30.4. The van der Waals surface area contributed by atoms with Crippen molar-refractivity contribution in [2.75, 3.05) is 26.4 Å². The lowest BCUT2D eigenvalue weighted by Crippen LogP contribution is -2.29. The summed E-state index contributed by atoms with van der Waals surface area (Å²) in [6.07, 6.45) is 23.4. The maximum absolute atomic E-state index is 12.5. The summed E-state index contributed by atoms with van der Waals surface area (Å²) >= 11 is 0. The first-order valence-electron chi connectivity index (χ1n) is 17.1. The van der Waals surface area contributed by atoms with E-state index in [1.165, 1.54) is 51.4 Å². The molecule has 0 heterocycles. The lowest BCUT2D eigenvalue weighted by atomic mass is 10.1. The van der Waals surface area contributed by atoms with Crippen LogP contribution in [0.15, 0.2) is 12.2 Å². The first kappa shape index (κ1) is 42.7. The number of ether oxygens (including phenoxy) is 2. The minimum Gasteiger partial charge on any atom is -0.462 e. The number of hydrogen-bond acceptors (Lipinski definition) is 9. The van der Waals surface area contributed by atoms with Crippen LogP contribution < -0.4 is 0 Å². The van der Waals surface area contributed by atoms with Gasteiger partial charge in [-0.2, -0.15) is 0 Å². The summed E-state index contributed by atoms with van der Waals surface area (Å²) in [6, 6.07) is 0. The topological polar surface area (TPSA) is 149 Å². The molecule has 260 valence electrons. The van der Waals surface area contributed by atoms with Gasteiger partial charge in [0.2, 0.25) is 0 Å².